The maximum absolute atomic E-state index is 11.6. The molecule has 1 atom stereocenters. The monoisotopic (exact) mass is 228 g/mol. The van der Waals surface area contributed by atoms with Crippen molar-refractivity contribution in [1.29, 1.82) is 0 Å². The number of carbonyl (C=O) groups excluding carboxylic acids is 2. The van der Waals surface area contributed by atoms with Gasteiger partial charge in [0, 0.05) is 5.92 Å². The fraction of sp³-hybridized carbons (Fsp3) is 0.846. The van der Waals surface area contributed by atoms with Gasteiger partial charge in [-0.25, -0.2) is 0 Å². The lowest BCUT2D eigenvalue weighted by molar-refractivity contribution is -0.157. The molecule has 94 valence electrons. The standard InChI is InChI=1S/C13H24O3/c1-9(2)7-11(10(3)14)8-12(15)16-13(4,5)6/h9,11H,7-8H2,1-6H3/t11-/m0/s1. The van der Waals surface area contributed by atoms with Gasteiger partial charge in [0.15, 0.2) is 0 Å². The summed E-state index contributed by atoms with van der Waals surface area (Å²) in [7, 11) is 0. The number of ether oxygens (including phenoxy) is 1. The first kappa shape index (κ1) is 15.1. The average Bonchev–Trinajstić information content (AvgIpc) is 1.97. The Bertz CT molecular complexity index is 248. The molecule has 0 saturated carbocycles. The van der Waals surface area contributed by atoms with Crippen molar-refractivity contribution >= 4 is 11.8 Å². The summed E-state index contributed by atoms with van der Waals surface area (Å²) in [5, 5.41) is 0. The normalized spacial score (nSPS) is 13.7. The molecule has 0 heterocycles. The number of hydrogen-bond acceptors (Lipinski definition) is 3. The Balaban J connectivity index is 4.30. The van der Waals surface area contributed by atoms with E-state index in [1.54, 1.807) is 0 Å². The summed E-state index contributed by atoms with van der Waals surface area (Å²) in [6.07, 6.45) is 0.944. The third-order valence-corrected chi connectivity index (χ3v) is 2.16. The van der Waals surface area contributed by atoms with Gasteiger partial charge >= 0.3 is 5.97 Å². The van der Waals surface area contributed by atoms with Gasteiger partial charge in [-0.2, -0.15) is 0 Å². The topological polar surface area (TPSA) is 43.4 Å². The van der Waals surface area contributed by atoms with Crippen molar-refractivity contribution in [1.82, 2.24) is 0 Å². The van der Waals surface area contributed by atoms with Crippen molar-refractivity contribution in [2.45, 2.75) is 60.0 Å². The predicted octanol–water partition coefficient (Wildman–Crippen LogP) is 2.97. The van der Waals surface area contributed by atoms with Crippen LogP contribution in [0.2, 0.25) is 0 Å². The fourth-order valence-corrected chi connectivity index (χ4v) is 1.55. The summed E-state index contributed by atoms with van der Waals surface area (Å²) in [6, 6.07) is 0. The lowest BCUT2D eigenvalue weighted by atomic mass is 9.91. The highest BCUT2D eigenvalue weighted by Gasteiger charge is 2.23. The van der Waals surface area contributed by atoms with Crippen molar-refractivity contribution in [2.75, 3.05) is 0 Å². The summed E-state index contributed by atoms with van der Waals surface area (Å²) in [6.45, 7) is 11.1. The van der Waals surface area contributed by atoms with Crippen LogP contribution in [-0.2, 0) is 14.3 Å². The molecule has 0 amide bonds. The van der Waals surface area contributed by atoms with Crippen molar-refractivity contribution in [3.8, 4) is 0 Å². The first-order valence-corrected chi connectivity index (χ1v) is 5.84. The van der Waals surface area contributed by atoms with Crippen LogP contribution in [0.25, 0.3) is 0 Å². The van der Waals surface area contributed by atoms with Crippen molar-refractivity contribution < 1.29 is 14.3 Å². The fourth-order valence-electron chi connectivity index (χ4n) is 1.55. The molecule has 0 fully saturated rings. The highest BCUT2D eigenvalue weighted by atomic mass is 16.6. The Morgan fingerprint density at radius 3 is 2.00 bits per heavy atom. The summed E-state index contributed by atoms with van der Waals surface area (Å²) < 4.78 is 5.21. The molecule has 16 heavy (non-hydrogen) atoms. The number of hydrogen-bond donors (Lipinski definition) is 0. The van der Waals surface area contributed by atoms with E-state index >= 15 is 0 Å². The van der Waals surface area contributed by atoms with Gasteiger partial charge in [0.25, 0.3) is 0 Å². The maximum Gasteiger partial charge on any atom is 0.307 e. The molecule has 0 N–H and O–H groups in total. The van der Waals surface area contributed by atoms with Gasteiger partial charge in [-0.3, -0.25) is 9.59 Å². The van der Waals surface area contributed by atoms with Crippen molar-refractivity contribution in [3.63, 3.8) is 0 Å². The molecule has 0 aliphatic carbocycles. The maximum atomic E-state index is 11.6. The van der Waals surface area contributed by atoms with Gasteiger partial charge in [-0.05, 0) is 40.0 Å². The van der Waals surface area contributed by atoms with Crippen molar-refractivity contribution in [3.05, 3.63) is 0 Å². The highest BCUT2D eigenvalue weighted by Crippen LogP contribution is 2.19. The highest BCUT2D eigenvalue weighted by molar-refractivity contribution is 5.83. The number of rotatable bonds is 5. The van der Waals surface area contributed by atoms with Crippen LogP contribution < -0.4 is 0 Å². The zero-order chi connectivity index (χ0) is 12.9. The summed E-state index contributed by atoms with van der Waals surface area (Å²) >= 11 is 0. The summed E-state index contributed by atoms with van der Waals surface area (Å²) in [5.41, 5.74) is -0.476. The third kappa shape index (κ3) is 7.43. The minimum absolute atomic E-state index is 0.0690. The quantitative estimate of drug-likeness (QED) is 0.679. The lowest BCUT2D eigenvalue weighted by Crippen LogP contribution is -2.27. The predicted molar refractivity (Wildman–Crippen MR) is 64.1 cm³/mol. The zero-order valence-electron chi connectivity index (χ0n) is 11.3. The average molecular weight is 228 g/mol. The molecule has 0 saturated heterocycles. The molecule has 0 aliphatic rings. The molecule has 3 heteroatoms. The van der Waals surface area contributed by atoms with E-state index in [1.807, 2.05) is 34.6 Å². The molecule has 0 aromatic carbocycles. The SMILES string of the molecule is CC(=O)[C@H](CC(=O)OC(C)(C)C)CC(C)C. The van der Waals surface area contributed by atoms with E-state index < -0.39 is 5.60 Å². The van der Waals surface area contributed by atoms with E-state index in [4.69, 9.17) is 4.74 Å². The molecular weight excluding hydrogens is 204 g/mol. The number of Topliss-reactive ketones (excluding diaryl/α,β-unsaturated/α-hetero) is 1. The van der Waals surface area contributed by atoms with Crippen molar-refractivity contribution in [2.24, 2.45) is 11.8 Å². The second-order valence-corrected chi connectivity index (χ2v) is 5.73. The minimum Gasteiger partial charge on any atom is -0.460 e. The number of ketones is 1. The largest absolute Gasteiger partial charge is 0.460 e. The van der Waals surface area contributed by atoms with Crippen LogP contribution in [0, 0.1) is 11.8 Å². The van der Waals surface area contributed by atoms with Gasteiger partial charge in [0.2, 0.25) is 0 Å². The van der Waals surface area contributed by atoms with Crippen LogP contribution >= 0.6 is 0 Å². The van der Waals surface area contributed by atoms with Crippen LogP contribution in [0.15, 0.2) is 0 Å². The Hall–Kier alpha value is -0.860. The molecule has 0 radical (unpaired) electrons. The molecule has 0 bridgehead atoms. The van der Waals surface area contributed by atoms with Gasteiger partial charge in [-0.15, -0.1) is 0 Å². The second-order valence-electron chi connectivity index (χ2n) is 5.73. The summed E-state index contributed by atoms with van der Waals surface area (Å²) in [5.74, 6) is -0.000837. The molecule has 3 nitrogen and oxygen atoms in total. The molecule has 0 spiro atoms. The molecule has 0 aromatic rings. The lowest BCUT2D eigenvalue weighted by Gasteiger charge is -2.22. The Kier molecular flexibility index (Phi) is 5.70. The van der Waals surface area contributed by atoms with Crippen LogP contribution in [0.1, 0.15) is 54.4 Å². The Morgan fingerprint density at radius 2 is 1.69 bits per heavy atom. The van der Waals surface area contributed by atoms with E-state index in [1.165, 1.54) is 6.92 Å². The number of carbonyl (C=O) groups is 2. The van der Waals surface area contributed by atoms with Gasteiger partial charge in [0.1, 0.15) is 11.4 Å². The first-order chi connectivity index (χ1) is 7.11. The Morgan fingerprint density at radius 1 is 1.19 bits per heavy atom. The van der Waals surface area contributed by atoms with E-state index in [9.17, 15) is 9.59 Å². The summed E-state index contributed by atoms with van der Waals surface area (Å²) in [4.78, 5) is 23.0. The van der Waals surface area contributed by atoms with E-state index in [2.05, 4.69) is 0 Å². The van der Waals surface area contributed by atoms with Crippen LogP contribution in [0.3, 0.4) is 0 Å². The first-order valence-electron chi connectivity index (χ1n) is 5.84. The van der Waals surface area contributed by atoms with Crippen LogP contribution in [0.4, 0.5) is 0 Å². The zero-order valence-corrected chi connectivity index (χ0v) is 11.3. The van der Waals surface area contributed by atoms with Gasteiger partial charge in [-0.1, -0.05) is 13.8 Å². The minimum atomic E-state index is -0.476. The van der Waals surface area contributed by atoms with Gasteiger partial charge in [0.05, 0.1) is 6.42 Å². The van der Waals surface area contributed by atoms with Gasteiger partial charge < -0.3 is 4.74 Å². The van der Waals surface area contributed by atoms with E-state index in [-0.39, 0.29) is 24.1 Å². The van der Waals surface area contributed by atoms with Crippen LogP contribution in [-0.4, -0.2) is 17.4 Å². The molecule has 0 rings (SSSR count). The molecule has 0 unspecified atom stereocenters. The third-order valence-electron chi connectivity index (χ3n) is 2.16. The molecule has 0 aliphatic heterocycles. The van der Waals surface area contributed by atoms with E-state index in [0.717, 1.165) is 6.42 Å². The van der Waals surface area contributed by atoms with Crippen LogP contribution in [0.5, 0.6) is 0 Å². The smallest absolute Gasteiger partial charge is 0.307 e. The molecular formula is C13H24O3. The molecule has 0 aromatic heterocycles. The second kappa shape index (κ2) is 6.02. The number of esters is 1. The Labute approximate surface area is 98.6 Å². The van der Waals surface area contributed by atoms with E-state index in [0.29, 0.717) is 5.92 Å².